The molecule has 1 aliphatic heterocycles. The van der Waals surface area contributed by atoms with Crippen molar-refractivity contribution in [3.8, 4) is 0 Å². The Bertz CT molecular complexity index is 612. The number of sulfone groups is 1. The number of fused-ring (bicyclic) bond motifs is 1. The Morgan fingerprint density at radius 1 is 1.41 bits per heavy atom. The van der Waals surface area contributed by atoms with E-state index in [1.54, 1.807) is 0 Å². The first-order valence-electron chi connectivity index (χ1n) is 5.79. The maximum absolute atomic E-state index is 11.7. The lowest BCUT2D eigenvalue weighted by atomic mass is 10.2. The van der Waals surface area contributed by atoms with Crippen molar-refractivity contribution in [2.24, 2.45) is 0 Å². The van der Waals surface area contributed by atoms with E-state index in [1.807, 2.05) is 35.0 Å². The van der Waals surface area contributed by atoms with Gasteiger partial charge in [0.2, 0.25) is 0 Å². The van der Waals surface area contributed by atoms with Gasteiger partial charge in [0.1, 0.15) is 5.65 Å². The van der Waals surface area contributed by atoms with Gasteiger partial charge in [0, 0.05) is 18.8 Å². The third-order valence-electron chi connectivity index (χ3n) is 3.31. The molecule has 0 N–H and O–H groups in total. The van der Waals surface area contributed by atoms with Crippen LogP contribution >= 0.6 is 0 Å². The number of nitrogens with zero attached hydrogens (tertiary/aromatic N) is 2. The van der Waals surface area contributed by atoms with E-state index in [9.17, 15) is 8.42 Å². The average Bonchev–Trinajstić information content (AvgIpc) is 2.82. The average molecular weight is 250 g/mol. The first-order valence-corrected chi connectivity index (χ1v) is 7.51. The topological polar surface area (TPSA) is 51.4 Å². The molecule has 0 aliphatic carbocycles. The van der Waals surface area contributed by atoms with Crippen LogP contribution in [-0.2, 0) is 16.3 Å². The van der Waals surface area contributed by atoms with Gasteiger partial charge < -0.3 is 4.40 Å². The van der Waals surface area contributed by atoms with Gasteiger partial charge in [0.15, 0.2) is 9.84 Å². The molecule has 5 heteroatoms. The first kappa shape index (κ1) is 10.8. The second-order valence-electron chi connectivity index (χ2n) is 4.53. The SMILES string of the molecule is O=S1(=O)CCCC1Cc1cn2ccccc2n1. The monoisotopic (exact) mass is 250 g/mol. The van der Waals surface area contributed by atoms with Crippen molar-refractivity contribution < 1.29 is 8.42 Å². The lowest BCUT2D eigenvalue weighted by Gasteiger charge is -2.05. The van der Waals surface area contributed by atoms with Crippen LogP contribution in [0.25, 0.3) is 5.65 Å². The summed E-state index contributed by atoms with van der Waals surface area (Å²) in [6, 6.07) is 5.79. The number of hydrogen-bond acceptors (Lipinski definition) is 3. The molecule has 17 heavy (non-hydrogen) atoms. The molecule has 0 saturated carbocycles. The second kappa shape index (κ2) is 3.84. The van der Waals surface area contributed by atoms with Gasteiger partial charge in [-0.3, -0.25) is 0 Å². The zero-order valence-electron chi connectivity index (χ0n) is 9.41. The number of pyridine rings is 1. The Kier molecular flexibility index (Phi) is 2.43. The lowest BCUT2D eigenvalue weighted by Crippen LogP contribution is -2.18. The molecule has 2 aromatic heterocycles. The summed E-state index contributed by atoms with van der Waals surface area (Å²) in [4.78, 5) is 4.44. The van der Waals surface area contributed by atoms with Gasteiger partial charge in [-0.1, -0.05) is 6.07 Å². The summed E-state index contributed by atoms with van der Waals surface area (Å²) in [5, 5.41) is -0.229. The second-order valence-corrected chi connectivity index (χ2v) is 6.93. The van der Waals surface area contributed by atoms with E-state index in [-0.39, 0.29) is 5.25 Å². The Labute approximate surface area is 100 Å². The van der Waals surface area contributed by atoms with Gasteiger partial charge in [0.25, 0.3) is 0 Å². The van der Waals surface area contributed by atoms with Crippen LogP contribution in [0.1, 0.15) is 18.5 Å². The van der Waals surface area contributed by atoms with Crippen LogP contribution in [0, 0.1) is 0 Å². The number of rotatable bonds is 2. The van der Waals surface area contributed by atoms with E-state index in [0.717, 1.165) is 24.2 Å². The Hall–Kier alpha value is -1.36. The molecule has 0 aromatic carbocycles. The molecule has 90 valence electrons. The molecule has 3 rings (SSSR count). The molecule has 0 bridgehead atoms. The van der Waals surface area contributed by atoms with Crippen LogP contribution < -0.4 is 0 Å². The van der Waals surface area contributed by atoms with Gasteiger partial charge in [-0.05, 0) is 25.0 Å². The minimum absolute atomic E-state index is 0.229. The van der Waals surface area contributed by atoms with E-state index in [2.05, 4.69) is 4.98 Å². The smallest absolute Gasteiger partial charge is 0.153 e. The zero-order valence-corrected chi connectivity index (χ0v) is 10.2. The number of aromatic nitrogens is 2. The summed E-state index contributed by atoms with van der Waals surface area (Å²) < 4.78 is 25.4. The summed E-state index contributed by atoms with van der Waals surface area (Å²) in [5.41, 5.74) is 1.74. The molecule has 1 fully saturated rings. The highest BCUT2D eigenvalue weighted by Crippen LogP contribution is 2.23. The van der Waals surface area contributed by atoms with Crippen molar-refractivity contribution in [3.63, 3.8) is 0 Å². The van der Waals surface area contributed by atoms with E-state index in [0.29, 0.717) is 12.2 Å². The predicted octanol–water partition coefficient (Wildman–Crippen LogP) is 1.45. The number of imidazole rings is 1. The lowest BCUT2D eigenvalue weighted by molar-refractivity contribution is 0.587. The summed E-state index contributed by atoms with van der Waals surface area (Å²) in [7, 11) is -2.87. The molecule has 4 nitrogen and oxygen atoms in total. The van der Waals surface area contributed by atoms with Crippen molar-refractivity contribution in [3.05, 3.63) is 36.3 Å². The van der Waals surface area contributed by atoms with Crippen LogP contribution in [0.5, 0.6) is 0 Å². The molecule has 0 amide bonds. The zero-order chi connectivity index (χ0) is 11.9. The Morgan fingerprint density at radius 3 is 3.00 bits per heavy atom. The molecule has 1 unspecified atom stereocenters. The molecule has 1 atom stereocenters. The van der Waals surface area contributed by atoms with E-state index >= 15 is 0 Å². The van der Waals surface area contributed by atoms with Crippen molar-refractivity contribution in [1.29, 1.82) is 0 Å². The van der Waals surface area contributed by atoms with E-state index in [4.69, 9.17) is 0 Å². The van der Waals surface area contributed by atoms with Crippen LogP contribution in [0.15, 0.2) is 30.6 Å². The van der Waals surface area contributed by atoms with Gasteiger partial charge in [-0.2, -0.15) is 0 Å². The quantitative estimate of drug-likeness (QED) is 0.810. The minimum atomic E-state index is -2.87. The predicted molar refractivity (Wildman–Crippen MR) is 65.7 cm³/mol. The van der Waals surface area contributed by atoms with Gasteiger partial charge in [0.05, 0.1) is 16.7 Å². The van der Waals surface area contributed by atoms with Crippen molar-refractivity contribution in [2.45, 2.75) is 24.5 Å². The first-order chi connectivity index (χ1) is 8.15. The minimum Gasteiger partial charge on any atom is -0.307 e. The van der Waals surface area contributed by atoms with Crippen LogP contribution in [-0.4, -0.2) is 28.8 Å². The van der Waals surface area contributed by atoms with Crippen LogP contribution in [0.2, 0.25) is 0 Å². The molecular formula is C12H14N2O2S. The molecule has 1 aliphatic rings. The summed E-state index contributed by atoms with van der Waals surface area (Å²) in [6.07, 6.45) is 5.96. The Morgan fingerprint density at radius 2 is 2.29 bits per heavy atom. The van der Waals surface area contributed by atoms with Gasteiger partial charge in [-0.15, -0.1) is 0 Å². The highest BCUT2D eigenvalue weighted by atomic mass is 32.2. The third-order valence-corrected chi connectivity index (χ3v) is 5.59. The molecular weight excluding hydrogens is 236 g/mol. The van der Waals surface area contributed by atoms with E-state index in [1.165, 1.54) is 0 Å². The maximum Gasteiger partial charge on any atom is 0.153 e. The van der Waals surface area contributed by atoms with Crippen molar-refractivity contribution in [1.82, 2.24) is 9.38 Å². The van der Waals surface area contributed by atoms with Crippen LogP contribution in [0.4, 0.5) is 0 Å². The van der Waals surface area contributed by atoms with Gasteiger partial charge in [-0.25, -0.2) is 13.4 Å². The molecule has 1 saturated heterocycles. The highest BCUT2D eigenvalue weighted by Gasteiger charge is 2.31. The largest absolute Gasteiger partial charge is 0.307 e. The van der Waals surface area contributed by atoms with E-state index < -0.39 is 9.84 Å². The fourth-order valence-corrected chi connectivity index (χ4v) is 4.26. The highest BCUT2D eigenvalue weighted by molar-refractivity contribution is 7.92. The fraction of sp³-hybridized carbons (Fsp3) is 0.417. The van der Waals surface area contributed by atoms with Crippen molar-refractivity contribution >= 4 is 15.5 Å². The molecule has 0 radical (unpaired) electrons. The Balaban J connectivity index is 1.90. The molecule has 3 heterocycles. The third kappa shape index (κ3) is 1.95. The summed E-state index contributed by atoms with van der Waals surface area (Å²) in [6.45, 7) is 0. The van der Waals surface area contributed by atoms with Crippen molar-refractivity contribution in [2.75, 3.05) is 5.75 Å². The normalized spacial score (nSPS) is 23.2. The summed E-state index contributed by atoms with van der Waals surface area (Å²) in [5.74, 6) is 0.338. The maximum atomic E-state index is 11.7. The number of hydrogen-bond donors (Lipinski definition) is 0. The standard InChI is InChI=1S/C12H14N2O2S/c15-17(16)7-3-4-11(17)8-10-9-14-6-2-1-5-12(14)13-10/h1-2,5-6,9,11H,3-4,7-8H2. The molecule has 2 aromatic rings. The van der Waals surface area contributed by atoms with Gasteiger partial charge >= 0.3 is 0 Å². The van der Waals surface area contributed by atoms with Crippen LogP contribution in [0.3, 0.4) is 0 Å². The fourth-order valence-electron chi connectivity index (χ4n) is 2.41. The summed E-state index contributed by atoms with van der Waals surface area (Å²) >= 11 is 0. The molecule has 0 spiro atoms.